The van der Waals surface area contributed by atoms with Gasteiger partial charge < -0.3 is 19.1 Å². The standard InChI is InChI=1S/C21H24N2O6S/c1-27-18-4-3-5-19(28-2)20(18)21(24)23-9-8-15-14-16(6-7-17(15)23)30(25,26)22-10-12-29-13-11-22/h3-7,14H,8-13H2,1-2H3. The largest absolute Gasteiger partial charge is 0.496 e. The predicted molar refractivity (Wildman–Crippen MR) is 111 cm³/mol. The van der Waals surface area contributed by atoms with Crippen molar-refractivity contribution < 1.29 is 27.4 Å². The third-order valence-electron chi connectivity index (χ3n) is 5.44. The number of rotatable bonds is 5. The van der Waals surface area contributed by atoms with E-state index >= 15 is 0 Å². The fraction of sp³-hybridized carbons (Fsp3) is 0.381. The molecule has 2 heterocycles. The molecular formula is C21H24N2O6S. The number of carbonyl (C=O) groups excluding carboxylic acids is 1. The van der Waals surface area contributed by atoms with Gasteiger partial charge in [0.1, 0.15) is 17.1 Å². The van der Waals surface area contributed by atoms with E-state index in [9.17, 15) is 13.2 Å². The van der Waals surface area contributed by atoms with Crippen LogP contribution in [-0.4, -0.2) is 65.7 Å². The van der Waals surface area contributed by atoms with E-state index in [0.717, 1.165) is 5.56 Å². The van der Waals surface area contributed by atoms with Gasteiger partial charge in [0.15, 0.2) is 0 Å². The van der Waals surface area contributed by atoms with Crippen LogP contribution in [0.4, 0.5) is 5.69 Å². The molecule has 0 saturated carbocycles. The minimum atomic E-state index is -3.58. The van der Waals surface area contributed by atoms with Crippen molar-refractivity contribution in [1.29, 1.82) is 0 Å². The summed E-state index contributed by atoms with van der Waals surface area (Å²) in [5.74, 6) is 0.616. The lowest BCUT2D eigenvalue weighted by atomic mass is 10.1. The monoisotopic (exact) mass is 432 g/mol. The van der Waals surface area contributed by atoms with E-state index in [1.807, 2.05) is 0 Å². The fourth-order valence-corrected chi connectivity index (χ4v) is 5.34. The van der Waals surface area contributed by atoms with Crippen LogP contribution in [0.3, 0.4) is 0 Å². The quantitative estimate of drug-likeness (QED) is 0.718. The van der Waals surface area contributed by atoms with Gasteiger partial charge in [0.25, 0.3) is 5.91 Å². The van der Waals surface area contributed by atoms with Crippen LogP contribution in [0.2, 0.25) is 0 Å². The number of ether oxygens (including phenoxy) is 3. The number of amides is 1. The zero-order chi connectivity index (χ0) is 21.3. The first-order chi connectivity index (χ1) is 14.5. The van der Waals surface area contributed by atoms with E-state index in [0.29, 0.717) is 62.0 Å². The number of fused-ring (bicyclic) bond motifs is 1. The molecule has 2 aromatic carbocycles. The number of benzene rings is 2. The van der Waals surface area contributed by atoms with Gasteiger partial charge in [0, 0.05) is 25.3 Å². The topological polar surface area (TPSA) is 85.4 Å². The highest BCUT2D eigenvalue weighted by Crippen LogP contribution is 2.36. The SMILES string of the molecule is COc1cccc(OC)c1C(=O)N1CCc2cc(S(=O)(=O)N3CCOCC3)ccc21. The van der Waals surface area contributed by atoms with Crippen LogP contribution in [0.15, 0.2) is 41.3 Å². The number of hydrogen-bond donors (Lipinski definition) is 0. The van der Waals surface area contributed by atoms with Crippen molar-refractivity contribution in [2.45, 2.75) is 11.3 Å². The third kappa shape index (κ3) is 3.53. The summed E-state index contributed by atoms with van der Waals surface area (Å²) in [4.78, 5) is 15.2. The van der Waals surface area contributed by atoms with Crippen molar-refractivity contribution in [2.24, 2.45) is 0 Å². The molecule has 160 valence electrons. The highest BCUT2D eigenvalue weighted by atomic mass is 32.2. The van der Waals surface area contributed by atoms with E-state index in [-0.39, 0.29) is 10.8 Å². The summed E-state index contributed by atoms with van der Waals surface area (Å²) >= 11 is 0. The lowest BCUT2D eigenvalue weighted by Crippen LogP contribution is -2.40. The zero-order valence-corrected chi connectivity index (χ0v) is 17.8. The van der Waals surface area contributed by atoms with E-state index < -0.39 is 10.0 Å². The van der Waals surface area contributed by atoms with Crippen molar-refractivity contribution in [3.8, 4) is 11.5 Å². The van der Waals surface area contributed by atoms with Crippen LogP contribution in [0, 0.1) is 0 Å². The van der Waals surface area contributed by atoms with Crippen molar-refractivity contribution in [1.82, 2.24) is 4.31 Å². The van der Waals surface area contributed by atoms with Crippen LogP contribution >= 0.6 is 0 Å². The minimum absolute atomic E-state index is 0.243. The van der Waals surface area contributed by atoms with Gasteiger partial charge in [-0.15, -0.1) is 0 Å². The Morgan fingerprint density at radius 2 is 1.67 bits per heavy atom. The maximum atomic E-state index is 13.3. The minimum Gasteiger partial charge on any atom is -0.496 e. The molecule has 2 aromatic rings. The molecule has 9 heteroatoms. The molecule has 0 bridgehead atoms. The molecule has 30 heavy (non-hydrogen) atoms. The smallest absolute Gasteiger partial charge is 0.265 e. The molecule has 1 saturated heterocycles. The van der Waals surface area contributed by atoms with Crippen molar-refractivity contribution in [2.75, 3.05) is 52.0 Å². The Bertz CT molecular complexity index is 1040. The van der Waals surface area contributed by atoms with Crippen molar-refractivity contribution in [3.05, 3.63) is 47.5 Å². The summed E-state index contributed by atoms with van der Waals surface area (Å²) in [6.45, 7) is 1.94. The molecule has 1 amide bonds. The van der Waals surface area contributed by atoms with E-state index in [2.05, 4.69) is 0 Å². The summed E-state index contributed by atoms with van der Waals surface area (Å²) in [5.41, 5.74) is 1.88. The summed E-state index contributed by atoms with van der Waals surface area (Å²) in [7, 11) is -0.573. The Hall–Kier alpha value is -2.62. The van der Waals surface area contributed by atoms with Gasteiger partial charge in [-0.2, -0.15) is 4.31 Å². The molecule has 1 fully saturated rings. The van der Waals surface area contributed by atoms with E-state index in [4.69, 9.17) is 14.2 Å². The van der Waals surface area contributed by atoms with Crippen LogP contribution in [-0.2, 0) is 21.2 Å². The first-order valence-corrected chi connectivity index (χ1v) is 11.1. The average Bonchev–Trinajstić information content (AvgIpc) is 3.22. The molecule has 2 aliphatic heterocycles. The molecule has 0 atom stereocenters. The number of nitrogens with zero attached hydrogens (tertiary/aromatic N) is 2. The summed E-state index contributed by atoms with van der Waals surface area (Å²) in [5, 5.41) is 0. The van der Waals surface area contributed by atoms with E-state index in [1.165, 1.54) is 18.5 Å². The average molecular weight is 432 g/mol. The summed E-state index contributed by atoms with van der Waals surface area (Å²) in [6, 6.07) is 10.1. The second-order valence-corrected chi connectivity index (χ2v) is 8.99. The summed E-state index contributed by atoms with van der Waals surface area (Å²) in [6.07, 6.45) is 0.574. The van der Waals surface area contributed by atoms with Crippen molar-refractivity contribution in [3.63, 3.8) is 0 Å². The third-order valence-corrected chi connectivity index (χ3v) is 7.34. The molecule has 2 aliphatic rings. The number of methoxy groups -OCH3 is 2. The maximum absolute atomic E-state index is 13.3. The van der Waals surface area contributed by atoms with Gasteiger partial charge in [-0.05, 0) is 42.3 Å². The number of carbonyl (C=O) groups is 1. The molecule has 0 unspecified atom stereocenters. The normalized spacial score (nSPS) is 16.9. The zero-order valence-electron chi connectivity index (χ0n) is 17.0. The Morgan fingerprint density at radius 1 is 1.00 bits per heavy atom. The Labute approximate surface area is 176 Å². The second-order valence-electron chi connectivity index (χ2n) is 7.05. The molecule has 0 aliphatic carbocycles. The van der Waals surface area contributed by atoms with Gasteiger partial charge in [-0.1, -0.05) is 6.07 Å². The Morgan fingerprint density at radius 3 is 2.30 bits per heavy atom. The van der Waals surface area contributed by atoms with Gasteiger partial charge >= 0.3 is 0 Å². The van der Waals surface area contributed by atoms with Gasteiger partial charge in [-0.25, -0.2) is 8.42 Å². The molecule has 0 aromatic heterocycles. The lowest BCUT2D eigenvalue weighted by Gasteiger charge is -2.26. The molecular weight excluding hydrogens is 408 g/mol. The van der Waals surface area contributed by atoms with Gasteiger partial charge in [-0.3, -0.25) is 4.79 Å². The predicted octanol–water partition coefficient (Wildman–Crippen LogP) is 1.93. The molecule has 0 radical (unpaired) electrons. The molecule has 8 nitrogen and oxygen atoms in total. The molecule has 0 spiro atoms. The van der Waals surface area contributed by atoms with Crippen LogP contribution in [0.25, 0.3) is 0 Å². The Kier molecular flexibility index (Phi) is 5.68. The van der Waals surface area contributed by atoms with Gasteiger partial charge in [0.05, 0.1) is 32.3 Å². The first kappa shape index (κ1) is 20.6. The summed E-state index contributed by atoms with van der Waals surface area (Å²) < 4.78 is 43.3. The number of anilines is 1. The highest BCUT2D eigenvalue weighted by Gasteiger charge is 2.32. The lowest BCUT2D eigenvalue weighted by molar-refractivity contribution is 0.0730. The van der Waals surface area contributed by atoms with Crippen LogP contribution in [0.5, 0.6) is 11.5 Å². The maximum Gasteiger partial charge on any atom is 0.265 e. The van der Waals surface area contributed by atoms with Gasteiger partial charge in [0.2, 0.25) is 10.0 Å². The van der Waals surface area contributed by atoms with E-state index in [1.54, 1.807) is 41.3 Å². The number of morpholine rings is 1. The molecule has 0 N–H and O–H groups in total. The number of hydrogen-bond acceptors (Lipinski definition) is 6. The van der Waals surface area contributed by atoms with Crippen molar-refractivity contribution >= 4 is 21.6 Å². The fourth-order valence-electron chi connectivity index (χ4n) is 3.88. The Balaban J connectivity index is 1.66. The number of sulfonamides is 1. The molecule has 4 rings (SSSR count). The second kappa shape index (κ2) is 8.25. The van der Waals surface area contributed by atoms with Crippen LogP contribution < -0.4 is 14.4 Å². The first-order valence-electron chi connectivity index (χ1n) is 9.71. The van der Waals surface area contributed by atoms with Crippen LogP contribution in [0.1, 0.15) is 15.9 Å². The highest BCUT2D eigenvalue weighted by molar-refractivity contribution is 7.89.